The van der Waals surface area contributed by atoms with Crippen molar-refractivity contribution in [2.24, 2.45) is 0 Å². The van der Waals surface area contributed by atoms with Crippen molar-refractivity contribution in [1.29, 1.82) is 0 Å². The molecule has 2 spiro atoms. The molecule has 7 aliphatic carbocycles. The van der Waals surface area contributed by atoms with Crippen LogP contribution in [0.5, 0.6) is 0 Å². The summed E-state index contributed by atoms with van der Waals surface area (Å²) in [5, 5.41) is 0. The minimum atomic E-state index is -0.374. The van der Waals surface area contributed by atoms with Crippen molar-refractivity contribution in [2.45, 2.75) is 22.7 Å². The standard InChI is InChI=1S/C102H62N4/c1-3-21-65(22-4-1)99-103-93(63-43-39-61(40-44-63)67-49-53-91-81(55-67)75-29-13-19-37-89(75)101(91)85-33-15-9-25-71(85)72-26-10-16-34-86(72)101)59-95(105-99)69-47-51-79-83(57-69)97-77-31-7-8-32-78(77)98(79)84-58-70(48-52-80(84)97)96-60-94(104-100(106-96)66-23-5-2-6-24-66)64-45-41-62(42-46-64)68-50-54-92-82(56-68)76-30-14-20-38-90(76)102(92)87-35-17-11-27-73(87)74-28-12-18-36-88(74)102/h1-60,97-98H. The van der Waals surface area contributed by atoms with Crippen molar-refractivity contribution in [3.05, 3.63) is 442 Å². The molecular formula is C102H62N4. The number of hydrogen-bond donors (Lipinski definition) is 0. The van der Waals surface area contributed by atoms with E-state index in [0.29, 0.717) is 11.6 Å². The minimum Gasteiger partial charge on any atom is -0.228 e. The van der Waals surface area contributed by atoms with Gasteiger partial charge in [0.2, 0.25) is 0 Å². The van der Waals surface area contributed by atoms with Gasteiger partial charge in [-0.2, -0.15) is 0 Å². The van der Waals surface area contributed by atoms with Gasteiger partial charge in [0.1, 0.15) is 0 Å². The Kier molecular flexibility index (Phi) is 12.5. The van der Waals surface area contributed by atoms with Gasteiger partial charge in [0.25, 0.3) is 0 Å². The molecule has 2 aromatic heterocycles. The fraction of sp³-hybridized carbons (Fsp3) is 0.0392. The molecule has 17 aromatic rings. The highest BCUT2D eigenvalue weighted by Crippen LogP contribution is 2.65. The van der Waals surface area contributed by atoms with E-state index in [1.165, 1.54) is 134 Å². The van der Waals surface area contributed by atoms with Crippen molar-refractivity contribution >= 4 is 0 Å². The molecule has 0 amide bonds. The Morgan fingerprint density at radius 1 is 0.160 bits per heavy atom. The second kappa shape index (κ2) is 22.5. The smallest absolute Gasteiger partial charge is 0.160 e. The van der Waals surface area contributed by atoms with Crippen LogP contribution in [0.25, 0.3) is 135 Å². The summed E-state index contributed by atoms with van der Waals surface area (Å²) in [7, 11) is 0. The van der Waals surface area contributed by atoms with E-state index in [2.05, 4.69) is 364 Å². The van der Waals surface area contributed by atoms with Crippen LogP contribution in [-0.4, -0.2) is 19.9 Å². The zero-order chi connectivity index (χ0) is 69.3. The predicted molar refractivity (Wildman–Crippen MR) is 428 cm³/mol. The van der Waals surface area contributed by atoms with Crippen molar-refractivity contribution in [1.82, 2.24) is 19.9 Å². The first-order valence-corrected chi connectivity index (χ1v) is 36.9. The number of hydrogen-bond acceptors (Lipinski definition) is 4. The monoisotopic (exact) mass is 1340 g/mol. The van der Waals surface area contributed by atoms with E-state index < -0.39 is 0 Å². The molecule has 4 heteroatoms. The maximum Gasteiger partial charge on any atom is 0.160 e. The fourth-order valence-electron chi connectivity index (χ4n) is 19.7. The molecule has 0 fully saturated rings. The SMILES string of the molecule is c1ccc(-c2nc(-c3ccc(-c4ccc5c(c4)-c4ccccc4C54c5ccccc5-c5ccccc54)cc3)cc(-c3ccc4c(c3)C3c5ccccc5C4c4cc(-c5cc(-c6ccc(-c7ccc8c(c7)-c7ccccc7C87c8ccccc8-c8ccccc87)cc6)nc(-c6ccccc6)n5)ccc43)n2)cc1. The molecular weight excluding hydrogens is 1280 g/mol. The lowest BCUT2D eigenvalue weighted by Gasteiger charge is -2.42. The van der Waals surface area contributed by atoms with Gasteiger partial charge >= 0.3 is 0 Å². The molecule has 24 rings (SSSR count). The van der Waals surface area contributed by atoms with Gasteiger partial charge in [0.15, 0.2) is 11.6 Å². The highest BCUT2D eigenvalue weighted by Gasteiger charge is 2.53. The normalized spacial score (nSPS) is 15.1. The Bertz CT molecular complexity index is 6100. The van der Waals surface area contributed by atoms with Crippen LogP contribution in [0.3, 0.4) is 0 Å². The first-order valence-electron chi connectivity index (χ1n) is 36.9. The first kappa shape index (κ1) is 59.0. The van der Waals surface area contributed by atoms with Crippen molar-refractivity contribution < 1.29 is 0 Å². The van der Waals surface area contributed by atoms with Crippen LogP contribution in [0.4, 0.5) is 0 Å². The van der Waals surface area contributed by atoms with Crippen LogP contribution in [0.15, 0.2) is 364 Å². The van der Waals surface area contributed by atoms with Gasteiger partial charge in [-0.05, 0) is 181 Å². The third kappa shape index (κ3) is 8.29. The molecule has 0 aliphatic heterocycles. The summed E-state index contributed by atoms with van der Waals surface area (Å²) in [5.74, 6) is 1.42. The molecule has 0 saturated carbocycles. The summed E-state index contributed by atoms with van der Waals surface area (Å²) in [6.07, 6.45) is 0. The molecule has 2 bridgehead atoms. The van der Waals surface area contributed by atoms with Gasteiger partial charge in [0, 0.05) is 45.2 Å². The van der Waals surface area contributed by atoms with E-state index in [1.54, 1.807) is 0 Å². The lowest BCUT2D eigenvalue weighted by molar-refractivity contribution is 0.755. The lowest BCUT2D eigenvalue weighted by Crippen LogP contribution is -2.27. The topological polar surface area (TPSA) is 51.6 Å². The summed E-state index contributed by atoms with van der Waals surface area (Å²) in [4.78, 5) is 21.5. The average molecular weight is 1340 g/mol. The van der Waals surface area contributed by atoms with E-state index >= 15 is 0 Å². The molecule has 7 aliphatic rings. The molecule has 15 aromatic carbocycles. The van der Waals surface area contributed by atoms with Crippen molar-refractivity contribution in [2.75, 3.05) is 0 Å². The lowest BCUT2D eigenvalue weighted by atomic mass is 9.60. The molecule has 2 heterocycles. The Balaban J connectivity index is 0.580. The number of benzene rings is 15. The Hall–Kier alpha value is -13.5. The summed E-state index contributed by atoms with van der Waals surface area (Å²) in [6.45, 7) is 0. The van der Waals surface area contributed by atoms with E-state index in [-0.39, 0.29) is 22.7 Å². The van der Waals surface area contributed by atoms with Crippen LogP contribution >= 0.6 is 0 Å². The van der Waals surface area contributed by atoms with Gasteiger partial charge in [-0.25, -0.2) is 19.9 Å². The van der Waals surface area contributed by atoms with Crippen LogP contribution in [0, 0.1) is 0 Å². The summed E-state index contributed by atoms with van der Waals surface area (Å²) in [6, 6.07) is 135. The molecule has 2 atom stereocenters. The number of nitrogens with zero attached hydrogens (tertiary/aromatic N) is 4. The van der Waals surface area contributed by atoms with Gasteiger partial charge in [-0.1, -0.05) is 328 Å². The van der Waals surface area contributed by atoms with Crippen LogP contribution in [-0.2, 0) is 10.8 Å². The fourth-order valence-corrected chi connectivity index (χ4v) is 19.7. The largest absolute Gasteiger partial charge is 0.228 e. The molecule has 4 nitrogen and oxygen atoms in total. The summed E-state index contributed by atoms with van der Waals surface area (Å²) in [5.41, 5.74) is 42.8. The van der Waals surface area contributed by atoms with Crippen LogP contribution in [0.2, 0.25) is 0 Å². The molecule has 0 N–H and O–H groups in total. The third-order valence-electron chi connectivity index (χ3n) is 24.2. The van der Waals surface area contributed by atoms with E-state index in [0.717, 1.165) is 67.3 Å². The number of aromatic nitrogens is 4. The second-order valence-electron chi connectivity index (χ2n) is 29.3. The zero-order valence-corrected chi connectivity index (χ0v) is 57.6. The Morgan fingerprint density at radius 3 is 0.764 bits per heavy atom. The average Bonchev–Trinajstić information content (AvgIpc) is 1.52. The van der Waals surface area contributed by atoms with E-state index in [1.807, 2.05) is 0 Å². The molecule has 490 valence electrons. The Labute approximate surface area is 615 Å². The Morgan fingerprint density at radius 2 is 0.415 bits per heavy atom. The quantitative estimate of drug-likeness (QED) is 0.152. The molecule has 2 unspecified atom stereocenters. The first-order chi connectivity index (χ1) is 52.5. The van der Waals surface area contributed by atoms with E-state index in [4.69, 9.17) is 19.9 Å². The van der Waals surface area contributed by atoms with Gasteiger partial charge in [0.05, 0.1) is 33.6 Å². The van der Waals surface area contributed by atoms with Gasteiger partial charge in [-0.3, -0.25) is 0 Å². The highest BCUT2D eigenvalue weighted by molar-refractivity contribution is 5.98. The van der Waals surface area contributed by atoms with E-state index in [9.17, 15) is 0 Å². The third-order valence-corrected chi connectivity index (χ3v) is 24.2. The summed E-state index contributed by atoms with van der Waals surface area (Å²) < 4.78 is 0. The van der Waals surface area contributed by atoms with Crippen molar-refractivity contribution in [3.63, 3.8) is 0 Å². The molecule has 0 radical (unpaired) electrons. The van der Waals surface area contributed by atoms with Gasteiger partial charge in [-0.15, -0.1) is 0 Å². The van der Waals surface area contributed by atoms with Gasteiger partial charge < -0.3 is 0 Å². The highest BCUT2D eigenvalue weighted by atomic mass is 14.9. The zero-order valence-electron chi connectivity index (χ0n) is 57.6. The van der Waals surface area contributed by atoms with Crippen LogP contribution in [0.1, 0.15) is 89.7 Å². The van der Waals surface area contributed by atoms with Crippen LogP contribution < -0.4 is 0 Å². The molecule has 0 saturated heterocycles. The second-order valence-corrected chi connectivity index (χ2v) is 29.3. The maximum absolute atomic E-state index is 5.41. The van der Waals surface area contributed by atoms with Crippen molar-refractivity contribution in [3.8, 4) is 135 Å². The number of fused-ring (bicyclic) bond motifs is 20. The summed E-state index contributed by atoms with van der Waals surface area (Å²) >= 11 is 0. The minimum absolute atomic E-state index is 0.0164. The predicted octanol–water partition coefficient (Wildman–Crippen LogP) is 24.3. The molecule has 106 heavy (non-hydrogen) atoms. The maximum atomic E-state index is 5.41. The number of rotatable bonds is 8.